The Morgan fingerprint density at radius 1 is 1.50 bits per heavy atom. The first-order valence-corrected chi connectivity index (χ1v) is 5.59. The number of aromatic nitrogens is 2. The van der Waals surface area contributed by atoms with Gasteiger partial charge in [0, 0.05) is 20.3 Å². The monoisotopic (exact) mass is 245 g/mol. The van der Waals surface area contributed by atoms with Gasteiger partial charge in [-0.1, -0.05) is 11.6 Å². The van der Waals surface area contributed by atoms with Crippen molar-refractivity contribution < 1.29 is 4.74 Å². The molecule has 0 saturated carbocycles. The van der Waals surface area contributed by atoms with Crippen LogP contribution in [0.3, 0.4) is 0 Å². The molecule has 90 valence electrons. The van der Waals surface area contributed by atoms with E-state index in [9.17, 15) is 4.79 Å². The number of halogens is 1. The van der Waals surface area contributed by atoms with Crippen molar-refractivity contribution in [3.8, 4) is 0 Å². The van der Waals surface area contributed by atoms with Crippen LogP contribution in [0.1, 0.15) is 19.3 Å². The maximum absolute atomic E-state index is 11.1. The fraction of sp³-hybridized carbons (Fsp3) is 0.600. The van der Waals surface area contributed by atoms with Gasteiger partial charge in [-0.15, -0.1) is 0 Å². The largest absolute Gasteiger partial charge is 0.385 e. The van der Waals surface area contributed by atoms with Gasteiger partial charge in [0.1, 0.15) is 5.02 Å². The summed E-state index contributed by atoms with van der Waals surface area (Å²) < 4.78 is 4.94. The van der Waals surface area contributed by atoms with Crippen molar-refractivity contribution in [3.63, 3.8) is 0 Å². The SMILES string of the molecule is COCCCCCNc1nc[nH]c(=O)c1Cl. The van der Waals surface area contributed by atoms with Gasteiger partial charge in [-0.2, -0.15) is 0 Å². The van der Waals surface area contributed by atoms with Crippen molar-refractivity contribution in [1.29, 1.82) is 0 Å². The van der Waals surface area contributed by atoms with Crippen LogP contribution in [0.25, 0.3) is 0 Å². The number of rotatable bonds is 7. The Bertz CT molecular complexity index is 367. The van der Waals surface area contributed by atoms with Crippen LogP contribution < -0.4 is 10.9 Å². The molecule has 1 aromatic heterocycles. The Balaban J connectivity index is 2.27. The number of hydrogen-bond donors (Lipinski definition) is 2. The van der Waals surface area contributed by atoms with Crippen molar-refractivity contribution >= 4 is 17.4 Å². The number of H-pyrrole nitrogens is 1. The van der Waals surface area contributed by atoms with Gasteiger partial charge in [0.2, 0.25) is 0 Å². The second kappa shape index (κ2) is 7.24. The van der Waals surface area contributed by atoms with Crippen molar-refractivity contribution in [2.45, 2.75) is 19.3 Å². The molecule has 0 spiro atoms. The molecule has 0 amide bonds. The van der Waals surface area contributed by atoms with Crippen LogP contribution in [-0.4, -0.2) is 30.2 Å². The van der Waals surface area contributed by atoms with E-state index in [-0.39, 0.29) is 10.6 Å². The van der Waals surface area contributed by atoms with E-state index in [0.717, 1.165) is 32.4 Å². The number of ether oxygens (including phenoxy) is 1. The Hall–Kier alpha value is -1.07. The maximum Gasteiger partial charge on any atom is 0.271 e. The number of nitrogens with zero attached hydrogens (tertiary/aromatic N) is 1. The van der Waals surface area contributed by atoms with E-state index in [1.54, 1.807) is 7.11 Å². The van der Waals surface area contributed by atoms with E-state index in [1.165, 1.54) is 6.33 Å². The van der Waals surface area contributed by atoms with E-state index in [1.807, 2.05) is 0 Å². The summed E-state index contributed by atoms with van der Waals surface area (Å²) in [5, 5.41) is 3.14. The molecule has 5 nitrogen and oxygen atoms in total. The first kappa shape index (κ1) is 13.0. The van der Waals surface area contributed by atoms with Crippen LogP contribution in [-0.2, 0) is 4.74 Å². The molecule has 1 heterocycles. The average Bonchev–Trinajstić information content (AvgIpc) is 2.29. The van der Waals surface area contributed by atoms with Gasteiger partial charge in [0.15, 0.2) is 5.82 Å². The summed E-state index contributed by atoms with van der Waals surface area (Å²) in [6.07, 6.45) is 4.44. The summed E-state index contributed by atoms with van der Waals surface area (Å²) in [6.45, 7) is 1.53. The van der Waals surface area contributed by atoms with Gasteiger partial charge in [-0.25, -0.2) is 4.98 Å². The minimum absolute atomic E-state index is 0.111. The predicted molar refractivity (Wildman–Crippen MR) is 64.1 cm³/mol. The van der Waals surface area contributed by atoms with Crippen molar-refractivity contribution in [2.75, 3.05) is 25.6 Å². The lowest BCUT2D eigenvalue weighted by Crippen LogP contribution is -2.12. The van der Waals surface area contributed by atoms with Gasteiger partial charge in [0.25, 0.3) is 5.56 Å². The molecule has 0 radical (unpaired) electrons. The minimum Gasteiger partial charge on any atom is -0.385 e. The fourth-order valence-electron chi connectivity index (χ4n) is 1.26. The van der Waals surface area contributed by atoms with Crippen molar-refractivity contribution in [2.24, 2.45) is 0 Å². The average molecular weight is 246 g/mol. The van der Waals surface area contributed by atoms with Gasteiger partial charge in [-0.05, 0) is 19.3 Å². The summed E-state index contributed by atoms with van der Waals surface area (Å²) in [7, 11) is 1.69. The Morgan fingerprint density at radius 3 is 3.06 bits per heavy atom. The second-order valence-electron chi connectivity index (χ2n) is 3.37. The number of hydrogen-bond acceptors (Lipinski definition) is 4. The molecule has 0 saturated heterocycles. The molecular formula is C10H16ClN3O2. The molecule has 0 fully saturated rings. The van der Waals surface area contributed by atoms with Crippen LogP contribution in [0.4, 0.5) is 5.82 Å². The molecule has 0 aliphatic heterocycles. The summed E-state index contributed by atoms with van der Waals surface area (Å²) in [4.78, 5) is 17.5. The fourth-order valence-corrected chi connectivity index (χ4v) is 1.43. The van der Waals surface area contributed by atoms with E-state index < -0.39 is 0 Å². The van der Waals surface area contributed by atoms with E-state index in [4.69, 9.17) is 16.3 Å². The van der Waals surface area contributed by atoms with E-state index in [2.05, 4.69) is 15.3 Å². The second-order valence-corrected chi connectivity index (χ2v) is 3.75. The van der Waals surface area contributed by atoms with Crippen molar-refractivity contribution in [1.82, 2.24) is 9.97 Å². The molecule has 0 aliphatic carbocycles. The summed E-state index contributed by atoms with van der Waals surface area (Å²) in [6, 6.07) is 0. The lowest BCUT2D eigenvalue weighted by molar-refractivity contribution is 0.192. The first-order valence-electron chi connectivity index (χ1n) is 5.21. The van der Waals surface area contributed by atoms with Crippen LogP contribution in [0.2, 0.25) is 5.02 Å². The number of aromatic amines is 1. The van der Waals surface area contributed by atoms with Crippen LogP contribution in [0.15, 0.2) is 11.1 Å². The number of unbranched alkanes of at least 4 members (excludes halogenated alkanes) is 2. The Kier molecular flexibility index (Phi) is 5.88. The van der Waals surface area contributed by atoms with Gasteiger partial charge < -0.3 is 15.0 Å². The number of methoxy groups -OCH3 is 1. The van der Waals surface area contributed by atoms with Crippen LogP contribution >= 0.6 is 11.6 Å². The van der Waals surface area contributed by atoms with Crippen LogP contribution in [0.5, 0.6) is 0 Å². The molecule has 2 N–H and O–H groups in total. The molecule has 1 rings (SSSR count). The molecule has 0 atom stereocenters. The zero-order chi connectivity index (χ0) is 11.8. The third-order valence-corrected chi connectivity index (χ3v) is 2.46. The summed E-state index contributed by atoms with van der Waals surface area (Å²) in [5.41, 5.74) is -0.321. The quantitative estimate of drug-likeness (QED) is 0.717. The highest BCUT2D eigenvalue weighted by molar-refractivity contribution is 6.32. The van der Waals surface area contributed by atoms with Gasteiger partial charge in [0.05, 0.1) is 6.33 Å². The molecule has 0 unspecified atom stereocenters. The smallest absolute Gasteiger partial charge is 0.271 e. The summed E-state index contributed by atoms with van der Waals surface area (Å²) in [5.74, 6) is 0.442. The molecule has 16 heavy (non-hydrogen) atoms. The van der Waals surface area contributed by atoms with E-state index >= 15 is 0 Å². The van der Waals surface area contributed by atoms with Crippen LogP contribution in [0, 0.1) is 0 Å². The van der Waals surface area contributed by atoms with Gasteiger partial charge >= 0.3 is 0 Å². The third-order valence-electron chi connectivity index (χ3n) is 2.11. The Morgan fingerprint density at radius 2 is 2.31 bits per heavy atom. The lowest BCUT2D eigenvalue weighted by atomic mass is 10.2. The van der Waals surface area contributed by atoms with Gasteiger partial charge in [-0.3, -0.25) is 4.79 Å². The van der Waals surface area contributed by atoms with Crippen molar-refractivity contribution in [3.05, 3.63) is 21.7 Å². The van der Waals surface area contributed by atoms with E-state index in [0.29, 0.717) is 5.82 Å². The minimum atomic E-state index is -0.321. The highest BCUT2D eigenvalue weighted by atomic mass is 35.5. The Labute approximate surface area is 99.2 Å². The predicted octanol–water partition coefficient (Wildman–Crippen LogP) is 1.65. The highest BCUT2D eigenvalue weighted by Crippen LogP contribution is 2.11. The maximum atomic E-state index is 11.1. The first-order chi connectivity index (χ1) is 7.75. The summed E-state index contributed by atoms with van der Waals surface area (Å²) >= 11 is 5.77. The molecular weight excluding hydrogens is 230 g/mol. The lowest BCUT2D eigenvalue weighted by Gasteiger charge is -2.05. The molecule has 1 aromatic rings. The highest BCUT2D eigenvalue weighted by Gasteiger charge is 2.03. The zero-order valence-electron chi connectivity index (χ0n) is 9.25. The normalized spacial score (nSPS) is 10.4. The third kappa shape index (κ3) is 4.20. The number of nitrogens with one attached hydrogen (secondary N) is 2. The molecule has 0 aromatic carbocycles. The molecule has 0 bridgehead atoms. The molecule has 0 aliphatic rings. The number of anilines is 1. The zero-order valence-corrected chi connectivity index (χ0v) is 10.0. The molecule has 6 heteroatoms. The topological polar surface area (TPSA) is 67.0 Å². The standard InChI is InChI=1S/C10H16ClN3O2/c1-16-6-4-2-3-5-12-9-8(11)10(15)14-7-13-9/h7H,2-6H2,1H3,(H2,12,13,14,15).